The van der Waals surface area contributed by atoms with E-state index in [1.807, 2.05) is 30.3 Å². The molecule has 0 spiro atoms. The summed E-state index contributed by atoms with van der Waals surface area (Å²) in [5, 5.41) is 2.35. The highest BCUT2D eigenvalue weighted by atomic mass is 32.2. The van der Waals surface area contributed by atoms with Gasteiger partial charge in [-0.2, -0.15) is 0 Å². The number of hydrogen-bond donors (Lipinski definition) is 2. The Morgan fingerprint density at radius 1 is 1.32 bits per heavy atom. The molecule has 0 radical (unpaired) electrons. The Morgan fingerprint density at radius 3 is 2.76 bits per heavy atom. The van der Waals surface area contributed by atoms with Crippen LogP contribution >= 0.6 is 0 Å². The lowest BCUT2D eigenvalue weighted by Gasteiger charge is -2.34. The van der Waals surface area contributed by atoms with Crippen molar-refractivity contribution >= 4 is 22.1 Å². The van der Waals surface area contributed by atoms with Crippen molar-refractivity contribution in [1.82, 2.24) is 5.32 Å². The van der Waals surface area contributed by atoms with Crippen molar-refractivity contribution in [3.63, 3.8) is 0 Å². The molecule has 1 heterocycles. The molecular weight excluding hydrogens is 346 g/mol. The molecule has 1 aliphatic heterocycles. The fourth-order valence-electron chi connectivity index (χ4n) is 3.17. The van der Waals surface area contributed by atoms with Gasteiger partial charge in [0.15, 0.2) is 0 Å². The van der Waals surface area contributed by atoms with Crippen LogP contribution in [-0.4, -0.2) is 38.5 Å². The summed E-state index contributed by atoms with van der Waals surface area (Å²) in [6, 6.07) is 8.55. The van der Waals surface area contributed by atoms with Gasteiger partial charge in [0.1, 0.15) is 18.0 Å². The second kappa shape index (κ2) is 7.30. The van der Waals surface area contributed by atoms with Crippen molar-refractivity contribution in [2.24, 2.45) is 10.1 Å². The van der Waals surface area contributed by atoms with Crippen LogP contribution in [0.3, 0.4) is 0 Å². The first-order valence-corrected chi connectivity index (χ1v) is 9.70. The molecule has 3 atom stereocenters. The molecule has 1 aliphatic carbocycles. The van der Waals surface area contributed by atoms with Gasteiger partial charge in [0.2, 0.25) is 0 Å². The highest BCUT2D eigenvalue weighted by Crippen LogP contribution is 2.31. The number of nitrogens with one attached hydrogen (secondary N) is 1. The Bertz CT molecular complexity index is 750. The molecule has 3 N–H and O–H groups in total. The largest absolute Gasteiger partial charge is 0.460 e. The van der Waals surface area contributed by atoms with Gasteiger partial charge < -0.3 is 20.5 Å². The number of ether oxygens (including phenoxy) is 2. The van der Waals surface area contributed by atoms with Crippen LogP contribution in [0, 0.1) is 0 Å². The van der Waals surface area contributed by atoms with Crippen molar-refractivity contribution in [3.8, 4) is 0 Å². The van der Waals surface area contributed by atoms with Crippen LogP contribution in [0.4, 0.5) is 4.79 Å². The Morgan fingerprint density at radius 2 is 2.04 bits per heavy atom. The van der Waals surface area contributed by atoms with Gasteiger partial charge in [-0.15, -0.1) is 4.40 Å². The quantitative estimate of drug-likeness (QED) is 0.831. The number of sulfonamides is 1. The van der Waals surface area contributed by atoms with E-state index in [1.165, 1.54) is 0 Å². The van der Waals surface area contributed by atoms with Gasteiger partial charge in [0.05, 0.1) is 6.04 Å². The first-order chi connectivity index (χ1) is 12.0. The maximum atomic E-state index is 12.4. The number of primary amides is 1. The fourth-order valence-corrected chi connectivity index (χ4v) is 4.67. The van der Waals surface area contributed by atoms with Gasteiger partial charge in [0, 0.05) is 0 Å². The Balaban J connectivity index is 1.81. The van der Waals surface area contributed by atoms with Crippen molar-refractivity contribution in [3.05, 3.63) is 35.9 Å². The molecule has 1 amide bonds. The highest BCUT2D eigenvalue weighted by Gasteiger charge is 2.41. The van der Waals surface area contributed by atoms with E-state index in [0.717, 1.165) is 18.4 Å². The molecule has 2 aliphatic rings. The zero-order chi connectivity index (χ0) is 17.9. The van der Waals surface area contributed by atoms with Gasteiger partial charge in [-0.05, 0) is 24.8 Å². The number of rotatable bonds is 4. The Hall–Kier alpha value is -2.29. The molecule has 0 aromatic heterocycles. The minimum absolute atomic E-state index is 0.0647. The smallest absolute Gasteiger partial charge is 0.404 e. The van der Waals surface area contributed by atoms with Gasteiger partial charge in [-0.25, -0.2) is 13.2 Å². The molecule has 25 heavy (non-hydrogen) atoms. The lowest BCUT2D eigenvalue weighted by molar-refractivity contribution is 0.122. The summed E-state index contributed by atoms with van der Waals surface area (Å²) in [6.07, 6.45) is 1.73. The molecule has 8 nitrogen and oxygen atoms in total. The molecule has 1 aromatic carbocycles. The van der Waals surface area contributed by atoms with Crippen LogP contribution in [0.1, 0.15) is 37.3 Å². The predicted molar refractivity (Wildman–Crippen MR) is 91.3 cm³/mol. The Labute approximate surface area is 146 Å². The van der Waals surface area contributed by atoms with Crippen LogP contribution in [0.15, 0.2) is 34.7 Å². The van der Waals surface area contributed by atoms with Crippen LogP contribution in [0.5, 0.6) is 0 Å². The van der Waals surface area contributed by atoms with E-state index in [0.29, 0.717) is 12.8 Å². The van der Waals surface area contributed by atoms with E-state index in [4.69, 9.17) is 15.2 Å². The number of amides is 1. The monoisotopic (exact) mass is 367 g/mol. The fraction of sp³-hybridized carbons (Fsp3) is 0.500. The van der Waals surface area contributed by atoms with Crippen molar-refractivity contribution in [2.75, 3.05) is 6.61 Å². The lowest BCUT2D eigenvalue weighted by Crippen LogP contribution is -2.48. The number of carbonyl (C=O) groups is 1. The van der Waals surface area contributed by atoms with Gasteiger partial charge in [-0.1, -0.05) is 36.8 Å². The normalized spacial score (nSPS) is 25.7. The lowest BCUT2D eigenvalue weighted by atomic mass is 9.97. The highest BCUT2D eigenvalue weighted by molar-refractivity contribution is 7.91. The molecule has 9 heteroatoms. The van der Waals surface area contributed by atoms with Crippen LogP contribution < -0.4 is 11.1 Å². The second-order valence-electron chi connectivity index (χ2n) is 6.13. The SMILES string of the molecule is NC(=O)OC[C@H](NC1=NS(=O)(=O)C2CCCCC2O1)c1ccccc1. The van der Waals surface area contributed by atoms with E-state index in [1.54, 1.807) is 0 Å². The average molecular weight is 367 g/mol. The molecule has 2 unspecified atom stereocenters. The van der Waals surface area contributed by atoms with E-state index in [9.17, 15) is 13.2 Å². The standard InChI is InChI=1S/C16H21N3O5S/c17-15(20)23-10-12(11-6-2-1-3-7-11)18-16-19-25(21,22)14-9-5-4-8-13(14)24-16/h1-3,6-7,12-14H,4-5,8-10H2,(H2,17,20)(H,18,19)/t12-,13?,14?/m0/s1. The van der Waals surface area contributed by atoms with Crippen molar-refractivity contribution in [1.29, 1.82) is 0 Å². The number of amidine groups is 1. The summed E-state index contributed by atoms with van der Waals surface area (Å²) in [6.45, 7) is -0.0735. The molecule has 1 saturated carbocycles. The molecule has 136 valence electrons. The minimum atomic E-state index is -3.62. The maximum Gasteiger partial charge on any atom is 0.404 e. The first-order valence-electron chi connectivity index (χ1n) is 8.20. The summed E-state index contributed by atoms with van der Waals surface area (Å²) in [4.78, 5) is 10.9. The van der Waals surface area contributed by atoms with E-state index in [-0.39, 0.29) is 12.6 Å². The third kappa shape index (κ3) is 4.22. The van der Waals surface area contributed by atoms with Gasteiger partial charge >= 0.3 is 12.1 Å². The summed E-state index contributed by atoms with van der Waals surface area (Å²) in [5.74, 6) is 0. The average Bonchev–Trinajstić information content (AvgIpc) is 2.58. The zero-order valence-electron chi connectivity index (χ0n) is 13.6. The third-order valence-electron chi connectivity index (χ3n) is 4.39. The van der Waals surface area contributed by atoms with Gasteiger partial charge in [0.25, 0.3) is 10.0 Å². The molecule has 0 bridgehead atoms. The number of hydrogen-bond acceptors (Lipinski definition) is 6. The van der Waals surface area contributed by atoms with Crippen LogP contribution in [-0.2, 0) is 19.5 Å². The summed E-state index contributed by atoms with van der Waals surface area (Å²) >= 11 is 0. The first kappa shape index (κ1) is 17.5. The molecule has 1 fully saturated rings. The Kier molecular flexibility index (Phi) is 5.12. The summed E-state index contributed by atoms with van der Waals surface area (Å²) in [7, 11) is -3.62. The number of carbonyl (C=O) groups excluding carboxylic acids is 1. The molecule has 3 rings (SSSR count). The zero-order valence-corrected chi connectivity index (χ0v) is 14.4. The van der Waals surface area contributed by atoms with E-state index >= 15 is 0 Å². The number of fused-ring (bicyclic) bond motifs is 1. The number of nitrogens with zero attached hydrogens (tertiary/aromatic N) is 1. The van der Waals surface area contributed by atoms with E-state index in [2.05, 4.69) is 9.71 Å². The second-order valence-corrected chi connectivity index (χ2v) is 7.95. The third-order valence-corrected chi connectivity index (χ3v) is 6.11. The van der Waals surface area contributed by atoms with Crippen LogP contribution in [0.2, 0.25) is 0 Å². The molecule has 1 aromatic rings. The number of benzene rings is 1. The van der Waals surface area contributed by atoms with Crippen molar-refractivity contribution in [2.45, 2.75) is 43.1 Å². The summed E-state index contributed by atoms with van der Waals surface area (Å²) < 4.78 is 39.2. The van der Waals surface area contributed by atoms with Crippen LogP contribution in [0.25, 0.3) is 0 Å². The van der Waals surface area contributed by atoms with E-state index < -0.39 is 33.5 Å². The minimum Gasteiger partial charge on any atom is -0.460 e. The summed E-state index contributed by atoms with van der Waals surface area (Å²) in [5.41, 5.74) is 5.83. The van der Waals surface area contributed by atoms with Gasteiger partial charge in [-0.3, -0.25) is 0 Å². The predicted octanol–water partition coefficient (Wildman–Crippen LogP) is 1.44. The molecule has 0 saturated heterocycles. The topological polar surface area (TPSA) is 120 Å². The molecular formula is C16H21N3O5S. The maximum absolute atomic E-state index is 12.4. The van der Waals surface area contributed by atoms with Crippen molar-refractivity contribution < 1.29 is 22.7 Å². The number of nitrogens with two attached hydrogens (primary N) is 1.